The smallest absolute Gasteiger partial charge is 0.325 e. The molecule has 1 aromatic heterocycles. The molecule has 1 saturated heterocycles. The minimum absolute atomic E-state index is 0.0674. The van der Waals surface area contributed by atoms with Crippen LogP contribution >= 0.6 is 0 Å². The highest BCUT2D eigenvalue weighted by molar-refractivity contribution is 6.07. The van der Waals surface area contributed by atoms with Gasteiger partial charge in [0.05, 0.1) is 6.26 Å². The molecule has 0 aromatic carbocycles. The maximum atomic E-state index is 12.2. The minimum atomic E-state index is -1.18. The summed E-state index contributed by atoms with van der Waals surface area (Å²) in [4.78, 5) is 35.9. The molecule has 96 valence electrons. The van der Waals surface area contributed by atoms with Crippen LogP contribution in [-0.4, -0.2) is 29.2 Å². The minimum Gasteiger partial charge on any atom is -0.466 e. The first-order valence-electron chi connectivity index (χ1n) is 5.62. The summed E-state index contributed by atoms with van der Waals surface area (Å²) < 4.78 is 5.18. The molecule has 1 aliphatic heterocycles. The lowest BCUT2D eigenvalue weighted by molar-refractivity contribution is -0.131. The SMILES string of the molecule is CC(=O)CCN1C(=O)NC(C)(c2ccco2)C1=O. The monoisotopic (exact) mass is 250 g/mol. The summed E-state index contributed by atoms with van der Waals surface area (Å²) in [6, 6.07) is 2.78. The number of amides is 3. The second kappa shape index (κ2) is 4.29. The van der Waals surface area contributed by atoms with E-state index in [0.29, 0.717) is 5.76 Å². The molecule has 1 atom stereocenters. The number of carbonyl (C=O) groups is 3. The predicted octanol–water partition coefficient (Wildman–Crippen LogP) is 1.03. The van der Waals surface area contributed by atoms with Gasteiger partial charge in [-0.15, -0.1) is 0 Å². The first-order valence-corrected chi connectivity index (χ1v) is 5.62. The highest BCUT2D eigenvalue weighted by atomic mass is 16.3. The molecule has 0 aliphatic carbocycles. The second-order valence-electron chi connectivity index (χ2n) is 4.44. The summed E-state index contributed by atoms with van der Waals surface area (Å²) in [5.41, 5.74) is -1.18. The number of furan rings is 1. The van der Waals surface area contributed by atoms with Crippen molar-refractivity contribution in [2.45, 2.75) is 25.8 Å². The highest BCUT2D eigenvalue weighted by Crippen LogP contribution is 2.28. The van der Waals surface area contributed by atoms with Gasteiger partial charge in [-0.05, 0) is 26.0 Å². The van der Waals surface area contributed by atoms with Crippen LogP contribution in [0.3, 0.4) is 0 Å². The Balaban J connectivity index is 2.21. The first kappa shape index (κ1) is 12.3. The van der Waals surface area contributed by atoms with Crippen molar-refractivity contribution in [3.63, 3.8) is 0 Å². The van der Waals surface area contributed by atoms with Crippen LogP contribution in [0.2, 0.25) is 0 Å². The Morgan fingerprint density at radius 1 is 1.50 bits per heavy atom. The van der Waals surface area contributed by atoms with E-state index in [1.165, 1.54) is 13.2 Å². The van der Waals surface area contributed by atoms with Gasteiger partial charge in [0, 0.05) is 13.0 Å². The molecule has 6 heteroatoms. The molecule has 1 N–H and O–H groups in total. The van der Waals surface area contributed by atoms with Crippen molar-refractivity contribution in [3.8, 4) is 0 Å². The van der Waals surface area contributed by atoms with Gasteiger partial charge in [-0.25, -0.2) is 4.79 Å². The van der Waals surface area contributed by atoms with Crippen molar-refractivity contribution in [1.82, 2.24) is 10.2 Å². The van der Waals surface area contributed by atoms with Crippen LogP contribution in [0.25, 0.3) is 0 Å². The molecule has 0 spiro atoms. The largest absolute Gasteiger partial charge is 0.466 e. The normalized spacial score (nSPS) is 23.3. The van der Waals surface area contributed by atoms with Gasteiger partial charge < -0.3 is 9.73 Å². The standard InChI is InChI=1S/C12H14N2O4/c1-8(15)5-6-14-10(16)12(2,13-11(14)17)9-4-3-7-18-9/h3-4,7H,5-6H2,1-2H3,(H,13,17). The van der Waals surface area contributed by atoms with Gasteiger partial charge in [0.2, 0.25) is 0 Å². The summed E-state index contributed by atoms with van der Waals surface area (Å²) in [6.45, 7) is 3.10. The molecule has 2 heterocycles. The molecular weight excluding hydrogens is 236 g/mol. The van der Waals surface area contributed by atoms with E-state index in [4.69, 9.17) is 4.42 Å². The number of hydrogen-bond donors (Lipinski definition) is 1. The zero-order valence-corrected chi connectivity index (χ0v) is 10.2. The van der Waals surface area contributed by atoms with E-state index in [0.717, 1.165) is 4.90 Å². The summed E-state index contributed by atoms with van der Waals surface area (Å²) in [5, 5.41) is 2.59. The Kier molecular flexibility index (Phi) is 2.94. The van der Waals surface area contributed by atoms with Gasteiger partial charge in [0.25, 0.3) is 5.91 Å². The number of ketones is 1. The fourth-order valence-electron chi connectivity index (χ4n) is 1.90. The number of Topliss-reactive ketones (excluding diaryl/α,β-unsaturated/α-hetero) is 1. The second-order valence-corrected chi connectivity index (χ2v) is 4.44. The fourth-order valence-corrected chi connectivity index (χ4v) is 1.90. The number of carbonyl (C=O) groups excluding carboxylic acids is 3. The van der Waals surface area contributed by atoms with E-state index in [1.807, 2.05) is 0 Å². The van der Waals surface area contributed by atoms with Crippen LogP contribution in [0.5, 0.6) is 0 Å². The lowest BCUT2D eigenvalue weighted by Gasteiger charge is -2.18. The summed E-state index contributed by atoms with van der Waals surface area (Å²) in [7, 11) is 0. The average molecular weight is 250 g/mol. The van der Waals surface area contributed by atoms with E-state index in [2.05, 4.69) is 5.32 Å². The van der Waals surface area contributed by atoms with Crippen molar-refractivity contribution in [3.05, 3.63) is 24.2 Å². The van der Waals surface area contributed by atoms with E-state index in [-0.39, 0.29) is 18.7 Å². The van der Waals surface area contributed by atoms with Gasteiger partial charge in [-0.1, -0.05) is 0 Å². The third-order valence-corrected chi connectivity index (χ3v) is 2.98. The third-order valence-electron chi connectivity index (χ3n) is 2.98. The lowest BCUT2D eigenvalue weighted by Crippen LogP contribution is -2.40. The van der Waals surface area contributed by atoms with Crippen LogP contribution < -0.4 is 5.32 Å². The van der Waals surface area contributed by atoms with Crippen molar-refractivity contribution in [2.24, 2.45) is 0 Å². The van der Waals surface area contributed by atoms with Crippen LogP contribution in [0.1, 0.15) is 26.0 Å². The highest BCUT2D eigenvalue weighted by Gasteiger charge is 2.50. The molecule has 1 aromatic rings. The van der Waals surface area contributed by atoms with Gasteiger partial charge >= 0.3 is 6.03 Å². The Bertz CT molecular complexity index is 494. The maximum Gasteiger partial charge on any atom is 0.325 e. The van der Waals surface area contributed by atoms with E-state index >= 15 is 0 Å². The van der Waals surface area contributed by atoms with Crippen molar-refractivity contribution in [1.29, 1.82) is 0 Å². The van der Waals surface area contributed by atoms with Crippen molar-refractivity contribution in [2.75, 3.05) is 6.54 Å². The van der Waals surface area contributed by atoms with Crippen LogP contribution in [0.4, 0.5) is 4.79 Å². The molecule has 0 saturated carbocycles. The Labute approximate surface area is 104 Å². The Morgan fingerprint density at radius 2 is 2.22 bits per heavy atom. The van der Waals surface area contributed by atoms with Gasteiger partial charge in [-0.3, -0.25) is 14.5 Å². The topological polar surface area (TPSA) is 79.6 Å². The van der Waals surface area contributed by atoms with Gasteiger partial charge in [0.15, 0.2) is 5.54 Å². The van der Waals surface area contributed by atoms with Crippen molar-refractivity contribution < 1.29 is 18.8 Å². The Morgan fingerprint density at radius 3 is 2.78 bits per heavy atom. The number of rotatable bonds is 4. The van der Waals surface area contributed by atoms with E-state index in [1.54, 1.807) is 19.1 Å². The molecule has 0 bridgehead atoms. The molecule has 1 fully saturated rings. The van der Waals surface area contributed by atoms with Crippen LogP contribution in [0.15, 0.2) is 22.8 Å². The van der Waals surface area contributed by atoms with Crippen molar-refractivity contribution >= 4 is 17.7 Å². The van der Waals surface area contributed by atoms with Gasteiger partial charge in [0.1, 0.15) is 11.5 Å². The lowest BCUT2D eigenvalue weighted by atomic mass is 9.99. The molecule has 3 amide bonds. The average Bonchev–Trinajstić information content (AvgIpc) is 2.87. The Hall–Kier alpha value is -2.11. The summed E-state index contributed by atoms with van der Waals surface area (Å²) in [6.07, 6.45) is 1.60. The quantitative estimate of drug-likeness (QED) is 0.809. The van der Waals surface area contributed by atoms with Gasteiger partial charge in [-0.2, -0.15) is 0 Å². The molecule has 2 rings (SSSR count). The molecule has 1 unspecified atom stereocenters. The predicted molar refractivity (Wildman–Crippen MR) is 61.6 cm³/mol. The number of hydrogen-bond acceptors (Lipinski definition) is 4. The summed E-state index contributed by atoms with van der Waals surface area (Å²) in [5.74, 6) is -0.0860. The molecular formula is C12H14N2O4. The summed E-state index contributed by atoms with van der Waals surface area (Å²) >= 11 is 0. The number of nitrogens with one attached hydrogen (secondary N) is 1. The zero-order valence-electron chi connectivity index (χ0n) is 10.2. The number of nitrogens with zero attached hydrogens (tertiary/aromatic N) is 1. The third kappa shape index (κ3) is 1.90. The fraction of sp³-hybridized carbons (Fsp3) is 0.417. The van der Waals surface area contributed by atoms with Crippen LogP contribution in [-0.2, 0) is 15.1 Å². The maximum absolute atomic E-state index is 12.2. The molecule has 18 heavy (non-hydrogen) atoms. The molecule has 6 nitrogen and oxygen atoms in total. The number of urea groups is 1. The number of imide groups is 1. The van der Waals surface area contributed by atoms with Crippen LogP contribution in [0, 0.1) is 0 Å². The molecule has 1 aliphatic rings. The first-order chi connectivity index (χ1) is 8.45. The molecule has 0 radical (unpaired) electrons. The zero-order chi connectivity index (χ0) is 13.3. The van der Waals surface area contributed by atoms with E-state index in [9.17, 15) is 14.4 Å². The van der Waals surface area contributed by atoms with E-state index < -0.39 is 17.5 Å².